The molecule has 0 aromatic heterocycles. The summed E-state index contributed by atoms with van der Waals surface area (Å²) >= 11 is 5.76. The molecule has 182 valence electrons. The first-order chi connectivity index (χ1) is 17.0. The van der Waals surface area contributed by atoms with Crippen LogP contribution in [0, 0.1) is 0 Å². The van der Waals surface area contributed by atoms with Gasteiger partial charge in [0, 0.05) is 72.1 Å². The van der Waals surface area contributed by atoms with E-state index < -0.39 is 5.54 Å². The van der Waals surface area contributed by atoms with Crippen molar-refractivity contribution in [2.45, 2.75) is 33.2 Å². The highest BCUT2D eigenvalue weighted by molar-refractivity contribution is 7.80. The van der Waals surface area contributed by atoms with Gasteiger partial charge in [-0.2, -0.15) is 0 Å². The molecular weight excluding hydrogens is 454 g/mol. The first-order valence-electron chi connectivity index (χ1n) is 12.4. The van der Waals surface area contributed by atoms with E-state index in [2.05, 4.69) is 91.3 Å². The standard InChI is InChI=1S/C28H33N5OS/c1-5-31(6-2)19-13-15-22-25(17-19)34-26-18-20(32(7-3)8-4)14-16-23(26)28(22)21-11-9-10-12-24(21)30-27(35)33(28)29/h9-18H,5-8,29H2,1-4H3,(H,30,35). The predicted molar refractivity (Wildman–Crippen MR) is 149 cm³/mol. The molecule has 7 heteroatoms. The van der Waals surface area contributed by atoms with Crippen LogP contribution in [0.5, 0.6) is 11.5 Å². The molecule has 0 atom stereocenters. The Morgan fingerprint density at radius 3 is 1.83 bits per heavy atom. The lowest BCUT2D eigenvalue weighted by atomic mass is 9.73. The van der Waals surface area contributed by atoms with Crippen LogP contribution >= 0.6 is 12.2 Å². The highest BCUT2D eigenvalue weighted by Crippen LogP contribution is 2.56. The predicted octanol–water partition coefficient (Wildman–Crippen LogP) is 5.66. The molecule has 5 rings (SSSR count). The van der Waals surface area contributed by atoms with E-state index in [0.29, 0.717) is 5.11 Å². The number of benzene rings is 3. The van der Waals surface area contributed by atoms with Crippen molar-refractivity contribution in [3.8, 4) is 11.5 Å². The summed E-state index contributed by atoms with van der Waals surface area (Å²) in [6, 6.07) is 21.1. The van der Waals surface area contributed by atoms with Crippen LogP contribution in [0.3, 0.4) is 0 Å². The Kier molecular flexibility index (Phi) is 6.07. The molecule has 0 saturated heterocycles. The molecule has 0 aliphatic carbocycles. The van der Waals surface area contributed by atoms with Crippen molar-refractivity contribution in [3.05, 3.63) is 77.4 Å². The lowest BCUT2D eigenvalue weighted by molar-refractivity contribution is 0.246. The largest absolute Gasteiger partial charge is 0.456 e. The summed E-state index contributed by atoms with van der Waals surface area (Å²) in [6.07, 6.45) is 0. The Balaban J connectivity index is 1.82. The van der Waals surface area contributed by atoms with Crippen molar-refractivity contribution in [1.29, 1.82) is 0 Å². The van der Waals surface area contributed by atoms with Gasteiger partial charge in [-0.25, -0.2) is 5.84 Å². The third kappa shape index (κ3) is 3.45. The number of nitrogens with one attached hydrogen (secondary N) is 1. The quantitative estimate of drug-likeness (QED) is 0.344. The van der Waals surface area contributed by atoms with Crippen LogP contribution in [-0.2, 0) is 5.54 Å². The number of nitrogens with two attached hydrogens (primary N) is 1. The Hall–Kier alpha value is -3.29. The smallest absolute Gasteiger partial charge is 0.189 e. The van der Waals surface area contributed by atoms with E-state index in [1.807, 2.05) is 12.1 Å². The minimum absolute atomic E-state index is 0.475. The van der Waals surface area contributed by atoms with Gasteiger partial charge in [0.1, 0.15) is 17.0 Å². The van der Waals surface area contributed by atoms with E-state index in [4.69, 9.17) is 22.8 Å². The van der Waals surface area contributed by atoms with Gasteiger partial charge in [0.15, 0.2) is 5.11 Å². The molecule has 3 aromatic carbocycles. The molecule has 3 N–H and O–H groups in total. The van der Waals surface area contributed by atoms with Crippen LogP contribution < -0.4 is 25.7 Å². The zero-order chi connectivity index (χ0) is 24.7. The number of para-hydroxylation sites is 1. The summed E-state index contributed by atoms with van der Waals surface area (Å²) in [5.41, 5.74) is 5.41. The monoisotopic (exact) mass is 487 g/mol. The van der Waals surface area contributed by atoms with Crippen molar-refractivity contribution in [2.24, 2.45) is 5.84 Å². The third-order valence-electron chi connectivity index (χ3n) is 7.33. The molecule has 2 heterocycles. The van der Waals surface area contributed by atoms with E-state index in [1.54, 1.807) is 5.01 Å². The Morgan fingerprint density at radius 2 is 1.31 bits per heavy atom. The molecule has 0 saturated carbocycles. The molecule has 2 aliphatic heterocycles. The topological polar surface area (TPSA) is 57.0 Å². The summed E-state index contributed by atoms with van der Waals surface area (Å²) < 4.78 is 6.66. The minimum atomic E-state index is -0.814. The molecule has 0 amide bonds. The van der Waals surface area contributed by atoms with Crippen LogP contribution in [0.2, 0.25) is 0 Å². The lowest BCUT2D eigenvalue weighted by Gasteiger charge is -2.50. The first-order valence-corrected chi connectivity index (χ1v) is 12.8. The van der Waals surface area contributed by atoms with Gasteiger partial charge in [0.25, 0.3) is 0 Å². The van der Waals surface area contributed by atoms with Crippen LogP contribution in [-0.4, -0.2) is 36.3 Å². The number of nitrogens with zero attached hydrogens (tertiary/aromatic N) is 3. The fourth-order valence-corrected chi connectivity index (χ4v) is 5.78. The highest BCUT2D eigenvalue weighted by Gasteiger charge is 2.52. The van der Waals surface area contributed by atoms with Gasteiger partial charge >= 0.3 is 0 Å². The molecule has 0 radical (unpaired) electrons. The van der Waals surface area contributed by atoms with E-state index in [1.165, 1.54) is 0 Å². The second kappa shape index (κ2) is 9.06. The summed E-state index contributed by atoms with van der Waals surface area (Å²) in [5, 5.41) is 5.48. The van der Waals surface area contributed by atoms with Crippen molar-refractivity contribution < 1.29 is 4.74 Å². The Labute approximate surface area is 213 Å². The van der Waals surface area contributed by atoms with Crippen LogP contribution in [0.4, 0.5) is 17.1 Å². The fraction of sp³-hybridized carbons (Fsp3) is 0.321. The van der Waals surface area contributed by atoms with Crippen LogP contribution in [0.15, 0.2) is 60.7 Å². The summed E-state index contributed by atoms with van der Waals surface area (Å²) in [4.78, 5) is 4.64. The molecule has 2 aliphatic rings. The maximum Gasteiger partial charge on any atom is 0.189 e. The molecule has 35 heavy (non-hydrogen) atoms. The molecule has 0 fully saturated rings. The van der Waals surface area contributed by atoms with Gasteiger partial charge in [-0.15, -0.1) is 0 Å². The van der Waals surface area contributed by atoms with E-state index in [0.717, 1.165) is 71.4 Å². The van der Waals surface area contributed by atoms with Crippen molar-refractivity contribution in [3.63, 3.8) is 0 Å². The molecule has 0 unspecified atom stereocenters. The molecule has 3 aromatic rings. The van der Waals surface area contributed by atoms with Gasteiger partial charge in [-0.3, -0.25) is 5.01 Å². The number of rotatable bonds is 6. The number of hydrogen-bond donors (Lipinski definition) is 2. The number of anilines is 3. The average Bonchev–Trinajstić information content (AvgIpc) is 2.88. The lowest BCUT2D eigenvalue weighted by Crippen LogP contribution is -2.60. The van der Waals surface area contributed by atoms with Crippen molar-refractivity contribution in [1.82, 2.24) is 5.01 Å². The van der Waals surface area contributed by atoms with Gasteiger partial charge in [0.2, 0.25) is 0 Å². The van der Waals surface area contributed by atoms with Crippen molar-refractivity contribution in [2.75, 3.05) is 41.3 Å². The first kappa shape index (κ1) is 23.5. The molecular formula is C28H33N5OS. The van der Waals surface area contributed by atoms with Gasteiger partial charge < -0.3 is 19.9 Å². The van der Waals surface area contributed by atoms with E-state index in [-0.39, 0.29) is 0 Å². The third-order valence-corrected chi connectivity index (χ3v) is 7.62. The molecule has 6 nitrogen and oxygen atoms in total. The zero-order valence-electron chi connectivity index (χ0n) is 20.8. The number of hydrogen-bond acceptors (Lipinski definition) is 5. The Morgan fingerprint density at radius 1 is 0.800 bits per heavy atom. The Bertz CT molecular complexity index is 1210. The maximum absolute atomic E-state index is 6.89. The SMILES string of the molecule is CCN(CC)c1ccc2c(c1)Oc1cc(N(CC)CC)ccc1C21c2ccccc2NC(=S)N1N. The maximum atomic E-state index is 6.89. The minimum Gasteiger partial charge on any atom is -0.456 e. The fourth-order valence-electron chi connectivity index (χ4n) is 5.54. The highest BCUT2D eigenvalue weighted by atomic mass is 32.1. The zero-order valence-corrected chi connectivity index (χ0v) is 21.7. The van der Waals surface area contributed by atoms with E-state index >= 15 is 0 Å². The van der Waals surface area contributed by atoms with Crippen molar-refractivity contribution >= 4 is 34.4 Å². The second-order valence-electron chi connectivity index (χ2n) is 8.86. The van der Waals surface area contributed by atoms with Crippen LogP contribution in [0.25, 0.3) is 0 Å². The summed E-state index contributed by atoms with van der Waals surface area (Å²) in [6.45, 7) is 12.3. The number of thiocarbonyl (C=S) groups is 1. The van der Waals surface area contributed by atoms with Gasteiger partial charge in [-0.1, -0.05) is 30.3 Å². The molecule has 1 spiro atoms. The average molecular weight is 488 g/mol. The normalized spacial score (nSPS) is 15.0. The number of fused-ring (bicyclic) bond motifs is 6. The molecule has 0 bridgehead atoms. The summed E-state index contributed by atoms with van der Waals surface area (Å²) in [7, 11) is 0. The van der Waals surface area contributed by atoms with Gasteiger partial charge in [0.05, 0.1) is 0 Å². The number of hydrazine groups is 1. The summed E-state index contributed by atoms with van der Waals surface area (Å²) in [5.74, 6) is 8.49. The second-order valence-corrected chi connectivity index (χ2v) is 9.25. The number of ether oxygens (including phenoxy) is 1. The van der Waals surface area contributed by atoms with E-state index in [9.17, 15) is 0 Å². The van der Waals surface area contributed by atoms with Crippen LogP contribution in [0.1, 0.15) is 44.4 Å². The van der Waals surface area contributed by atoms with Gasteiger partial charge in [-0.05, 0) is 58.1 Å².